The summed E-state index contributed by atoms with van der Waals surface area (Å²) >= 11 is 5.90. The molecule has 0 aliphatic heterocycles. The Morgan fingerprint density at radius 1 is 1.14 bits per heavy atom. The SMILES string of the molecule is CC(=O)C[C@@H]1/C(=C\c2ccc(Cl)cc2)C(=O)c2ccccc21. The molecule has 22 heavy (non-hydrogen) atoms. The summed E-state index contributed by atoms with van der Waals surface area (Å²) in [5.41, 5.74) is 3.24. The van der Waals surface area contributed by atoms with Gasteiger partial charge in [-0.15, -0.1) is 0 Å². The lowest BCUT2D eigenvalue weighted by molar-refractivity contribution is -0.117. The zero-order chi connectivity index (χ0) is 15.7. The molecule has 2 aromatic carbocycles. The maximum Gasteiger partial charge on any atom is 0.189 e. The fourth-order valence-electron chi connectivity index (χ4n) is 2.90. The first-order chi connectivity index (χ1) is 10.6. The van der Waals surface area contributed by atoms with Gasteiger partial charge in [-0.05, 0) is 36.3 Å². The van der Waals surface area contributed by atoms with Crippen LogP contribution in [0.15, 0.2) is 54.1 Å². The van der Waals surface area contributed by atoms with Gasteiger partial charge in [-0.3, -0.25) is 9.59 Å². The van der Waals surface area contributed by atoms with E-state index in [1.54, 1.807) is 19.1 Å². The van der Waals surface area contributed by atoms with Crippen LogP contribution in [0.25, 0.3) is 6.08 Å². The number of hydrogen-bond donors (Lipinski definition) is 0. The zero-order valence-electron chi connectivity index (χ0n) is 12.2. The predicted octanol–water partition coefficient (Wildman–Crippen LogP) is 4.68. The van der Waals surface area contributed by atoms with E-state index in [4.69, 9.17) is 11.6 Å². The van der Waals surface area contributed by atoms with E-state index in [2.05, 4.69) is 0 Å². The van der Waals surface area contributed by atoms with Gasteiger partial charge in [-0.2, -0.15) is 0 Å². The van der Waals surface area contributed by atoms with Crippen LogP contribution in [-0.4, -0.2) is 11.6 Å². The van der Waals surface area contributed by atoms with Gasteiger partial charge < -0.3 is 0 Å². The van der Waals surface area contributed by atoms with Crippen molar-refractivity contribution in [1.29, 1.82) is 0 Å². The van der Waals surface area contributed by atoms with Gasteiger partial charge in [0.25, 0.3) is 0 Å². The molecule has 0 aromatic heterocycles. The van der Waals surface area contributed by atoms with Gasteiger partial charge in [0.2, 0.25) is 0 Å². The number of carbonyl (C=O) groups is 2. The zero-order valence-corrected chi connectivity index (χ0v) is 12.9. The molecule has 1 aliphatic carbocycles. The molecule has 1 aliphatic rings. The first kappa shape index (κ1) is 14.7. The number of rotatable bonds is 3. The van der Waals surface area contributed by atoms with E-state index >= 15 is 0 Å². The Morgan fingerprint density at radius 3 is 2.50 bits per heavy atom. The Morgan fingerprint density at radius 2 is 1.82 bits per heavy atom. The van der Waals surface area contributed by atoms with Crippen molar-refractivity contribution in [2.24, 2.45) is 0 Å². The Bertz CT molecular complexity index is 772. The molecule has 3 heteroatoms. The van der Waals surface area contributed by atoms with Gasteiger partial charge >= 0.3 is 0 Å². The average Bonchev–Trinajstić information content (AvgIpc) is 2.75. The lowest BCUT2D eigenvalue weighted by Crippen LogP contribution is -2.05. The smallest absolute Gasteiger partial charge is 0.189 e. The van der Waals surface area contributed by atoms with Crippen molar-refractivity contribution in [2.75, 3.05) is 0 Å². The molecule has 0 N–H and O–H groups in total. The first-order valence-corrected chi connectivity index (χ1v) is 7.54. The second-order valence-electron chi connectivity index (χ2n) is 5.53. The molecule has 0 spiro atoms. The number of carbonyl (C=O) groups excluding carboxylic acids is 2. The third-order valence-corrected chi connectivity index (χ3v) is 4.15. The number of allylic oxidation sites excluding steroid dienone is 1. The molecule has 1 atom stereocenters. The maximum atomic E-state index is 12.7. The molecule has 0 saturated heterocycles. The van der Waals surface area contributed by atoms with Gasteiger partial charge in [0, 0.05) is 28.5 Å². The molecule has 0 amide bonds. The summed E-state index contributed by atoms with van der Waals surface area (Å²) in [6, 6.07) is 14.8. The summed E-state index contributed by atoms with van der Waals surface area (Å²) < 4.78 is 0. The van der Waals surface area contributed by atoms with E-state index in [9.17, 15) is 9.59 Å². The number of ketones is 2. The summed E-state index contributed by atoms with van der Waals surface area (Å²) in [4.78, 5) is 24.3. The molecule has 0 heterocycles. The normalized spacial score (nSPS) is 18.5. The van der Waals surface area contributed by atoms with E-state index < -0.39 is 0 Å². The van der Waals surface area contributed by atoms with E-state index in [0.717, 1.165) is 11.1 Å². The Kier molecular flexibility index (Phi) is 3.95. The minimum atomic E-state index is -0.156. The highest BCUT2D eigenvalue weighted by atomic mass is 35.5. The second-order valence-corrected chi connectivity index (χ2v) is 5.96. The fourth-order valence-corrected chi connectivity index (χ4v) is 3.03. The lowest BCUT2D eigenvalue weighted by Gasteiger charge is -2.11. The van der Waals surface area contributed by atoms with E-state index in [0.29, 0.717) is 22.6 Å². The number of fused-ring (bicyclic) bond motifs is 1. The Balaban J connectivity index is 2.07. The van der Waals surface area contributed by atoms with Crippen molar-refractivity contribution in [1.82, 2.24) is 0 Å². The molecular formula is C19H15ClO2. The first-order valence-electron chi connectivity index (χ1n) is 7.16. The van der Waals surface area contributed by atoms with E-state index in [1.807, 2.05) is 42.5 Å². The monoisotopic (exact) mass is 310 g/mol. The molecule has 0 radical (unpaired) electrons. The van der Waals surface area contributed by atoms with Gasteiger partial charge in [-0.25, -0.2) is 0 Å². The highest BCUT2D eigenvalue weighted by Crippen LogP contribution is 2.40. The molecular weight excluding hydrogens is 296 g/mol. The van der Waals surface area contributed by atoms with E-state index in [-0.39, 0.29) is 17.5 Å². The van der Waals surface area contributed by atoms with E-state index in [1.165, 1.54) is 0 Å². The van der Waals surface area contributed by atoms with Gasteiger partial charge in [-0.1, -0.05) is 48.0 Å². The van der Waals surface area contributed by atoms with Gasteiger partial charge in [0.05, 0.1) is 0 Å². The van der Waals surface area contributed by atoms with Gasteiger partial charge in [0.15, 0.2) is 5.78 Å². The highest BCUT2D eigenvalue weighted by Gasteiger charge is 2.34. The Labute approximate surface area is 134 Å². The van der Waals surface area contributed by atoms with Crippen LogP contribution < -0.4 is 0 Å². The van der Waals surface area contributed by atoms with Crippen LogP contribution in [0.1, 0.15) is 40.7 Å². The van der Waals surface area contributed by atoms with Crippen LogP contribution in [0, 0.1) is 0 Å². The number of halogens is 1. The molecule has 2 aromatic rings. The predicted molar refractivity (Wildman–Crippen MR) is 88.2 cm³/mol. The molecule has 0 unspecified atom stereocenters. The van der Waals surface area contributed by atoms with Crippen molar-refractivity contribution in [3.05, 3.63) is 75.8 Å². The highest BCUT2D eigenvalue weighted by molar-refractivity contribution is 6.30. The second kappa shape index (κ2) is 5.90. The lowest BCUT2D eigenvalue weighted by atomic mass is 9.91. The van der Waals surface area contributed by atoms with Crippen LogP contribution in [-0.2, 0) is 4.79 Å². The molecule has 110 valence electrons. The quantitative estimate of drug-likeness (QED) is 0.771. The van der Waals surface area contributed by atoms with Crippen molar-refractivity contribution in [3.8, 4) is 0 Å². The minimum Gasteiger partial charge on any atom is -0.300 e. The maximum absolute atomic E-state index is 12.7. The van der Waals surface area contributed by atoms with Crippen molar-refractivity contribution >= 4 is 29.2 Å². The topological polar surface area (TPSA) is 34.1 Å². The third kappa shape index (κ3) is 2.75. The Hall–Kier alpha value is -2.19. The van der Waals surface area contributed by atoms with Crippen LogP contribution >= 0.6 is 11.6 Å². The summed E-state index contributed by atoms with van der Waals surface area (Å²) in [7, 11) is 0. The standard InChI is InChI=1S/C19H15ClO2/c1-12(21)10-17-15-4-2-3-5-16(15)19(22)18(17)11-13-6-8-14(20)9-7-13/h2-9,11,17H,10H2,1H3/b18-11+/t17-/m0/s1. The summed E-state index contributed by atoms with van der Waals surface area (Å²) in [5, 5.41) is 0.656. The molecule has 0 bridgehead atoms. The van der Waals surface area contributed by atoms with Crippen LogP contribution in [0.3, 0.4) is 0 Å². The minimum absolute atomic E-state index is 0.0109. The average molecular weight is 311 g/mol. The summed E-state index contributed by atoms with van der Waals surface area (Å²) in [6.45, 7) is 1.56. The third-order valence-electron chi connectivity index (χ3n) is 3.90. The number of Topliss-reactive ketones (excluding diaryl/α,β-unsaturated/α-hetero) is 2. The number of hydrogen-bond acceptors (Lipinski definition) is 2. The van der Waals surface area contributed by atoms with Gasteiger partial charge in [0.1, 0.15) is 5.78 Å². The van der Waals surface area contributed by atoms with Crippen LogP contribution in [0.5, 0.6) is 0 Å². The van der Waals surface area contributed by atoms with Crippen LogP contribution in [0.2, 0.25) is 5.02 Å². The van der Waals surface area contributed by atoms with Crippen molar-refractivity contribution in [2.45, 2.75) is 19.3 Å². The molecule has 0 saturated carbocycles. The molecule has 2 nitrogen and oxygen atoms in total. The summed E-state index contributed by atoms with van der Waals surface area (Å²) in [6.07, 6.45) is 2.22. The van der Waals surface area contributed by atoms with Crippen LogP contribution in [0.4, 0.5) is 0 Å². The summed E-state index contributed by atoms with van der Waals surface area (Å²) in [5.74, 6) is -0.0646. The number of benzene rings is 2. The van der Waals surface area contributed by atoms with Crippen molar-refractivity contribution in [3.63, 3.8) is 0 Å². The molecule has 0 fully saturated rings. The molecule has 3 rings (SSSR count). The largest absolute Gasteiger partial charge is 0.300 e. The van der Waals surface area contributed by atoms with Crippen molar-refractivity contribution < 1.29 is 9.59 Å². The fraction of sp³-hybridized carbons (Fsp3) is 0.158.